The molecule has 0 amide bonds. The molecule has 100 valence electrons. The lowest BCUT2D eigenvalue weighted by molar-refractivity contribution is 0.0691. The zero-order chi connectivity index (χ0) is 14.0. The lowest BCUT2D eigenvalue weighted by Crippen LogP contribution is -2.12. The van der Waals surface area contributed by atoms with Crippen LogP contribution in [0.2, 0.25) is 0 Å². The van der Waals surface area contributed by atoms with Gasteiger partial charge in [-0.1, -0.05) is 6.07 Å². The topological polar surface area (TPSA) is 119 Å². The van der Waals surface area contributed by atoms with Crippen molar-refractivity contribution in [3.63, 3.8) is 0 Å². The Morgan fingerprint density at radius 2 is 2.00 bits per heavy atom. The number of aromatic amines is 1. The van der Waals surface area contributed by atoms with E-state index in [0.717, 1.165) is 12.3 Å². The molecular formula is C11H10N2O5S. The number of benzene rings is 1. The summed E-state index contributed by atoms with van der Waals surface area (Å²) < 4.78 is 26.1. The average Bonchev–Trinajstić information content (AvgIpc) is 2.78. The maximum atomic E-state index is 11.9. The molecule has 0 bridgehead atoms. The number of sulfonamides is 1. The van der Waals surface area contributed by atoms with Crippen LogP contribution in [-0.2, 0) is 10.0 Å². The number of phenols is 1. The molecule has 19 heavy (non-hydrogen) atoms. The highest BCUT2D eigenvalue weighted by molar-refractivity contribution is 7.92. The Labute approximate surface area is 108 Å². The number of rotatable bonds is 4. The smallest absolute Gasteiger partial charge is 0.352 e. The van der Waals surface area contributed by atoms with Gasteiger partial charge in [0.05, 0.1) is 5.69 Å². The van der Waals surface area contributed by atoms with Crippen LogP contribution in [0.4, 0.5) is 5.69 Å². The molecule has 0 saturated heterocycles. The zero-order valence-corrected chi connectivity index (χ0v) is 10.3. The third-order valence-electron chi connectivity index (χ3n) is 2.30. The molecule has 1 aromatic heterocycles. The number of hydrogen-bond donors (Lipinski definition) is 4. The molecule has 2 rings (SSSR count). The fourth-order valence-corrected chi connectivity index (χ4v) is 2.48. The largest absolute Gasteiger partial charge is 0.508 e. The van der Waals surface area contributed by atoms with E-state index in [4.69, 9.17) is 5.11 Å². The van der Waals surface area contributed by atoms with Crippen LogP contribution in [0.15, 0.2) is 41.4 Å². The van der Waals surface area contributed by atoms with Crippen molar-refractivity contribution in [2.24, 2.45) is 0 Å². The molecule has 1 aromatic carbocycles. The van der Waals surface area contributed by atoms with Gasteiger partial charge in [0.25, 0.3) is 10.0 Å². The van der Waals surface area contributed by atoms with Gasteiger partial charge < -0.3 is 15.2 Å². The monoisotopic (exact) mass is 282 g/mol. The molecule has 0 radical (unpaired) electrons. The molecule has 8 heteroatoms. The summed E-state index contributed by atoms with van der Waals surface area (Å²) in [5, 5.41) is 17.9. The van der Waals surface area contributed by atoms with Gasteiger partial charge in [0.2, 0.25) is 0 Å². The van der Waals surface area contributed by atoms with Gasteiger partial charge in [-0.05, 0) is 18.2 Å². The van der Waals surface area contributed by atoms with E-state index < -0.39 is 16.0 Å². The first-order chi connectivity index (χ1) is 8.88. The summed E-state index contributed by atoms with van der Waals surface area (Å²) >= 11 is 0. The number of aromatic nitrogens is 1. The molecule has 2 aromatic rings. The number of carboxylic acid groups (broad SMARTS) is 1. The van der Waals surface area contributed by atoms with Crippen LogP contribution in [0.5, 0.6) is 5.75 Å². The highest BCUT2D eigenvalue weighted by atomic mass is 32.2. The number of H-pyrrole nitrogens is 1. The Balaban J connectivity index is 2.29. The molecule has 0 atom stereocenters. The van der Waals surface area contributed by atoms with E-state index in [1.165, 1.54) is 24.3 Å². The van der Waals surface area contributed by atoms with Crippen molar-refractivity contribution < 1.29 is 23.4 Å². The number of carbonyl (C=O) groups is 1. The SMILES string of the molecule is O=C(O)c1cc(S(=O)(=O)Nc2cccc(O)c2)c[nH]1. The summed E-state index contributed by atoms with van der Waals surface area (Å²) in [5.74, 6) is -1.33. The molecule has 0 fully saturated rings. The summed E-state index contributed by atoms with van der Waals surface area (Å²) in [7, 11) is -3.90. The number of aromatic carboxylic acids is 1. The standard InChI is InChI=1S/C11H10N2O5S/c14-8-3-1-2-7(4-8)13-19(17,18)9-5-10(11(15)16)12-6-9/h1-6,12-14H,(H,15,16). The molecule has 0 unspecified atom stereocenters. The molecule has 0 spiro atoms. The van der Waals surface area contributed by atoms with Crippen molar-refractivity contribution >= 4 is 21.7 Å². The van der Waals surface area contributed by atoms with Crippen molar-refractivity contribution in [1.29, 1.82) is 0 Å². The zero-order valence-electron chi connectivity index (χ0n) is 9.49. The Kier molecular flexibility index (Phi) is 3.17. The van der Waals surface area contributed by atoms with E-state index in [2.05, 4.69) is 9.71 Å². The van der Waals surface area contributed by atoms with Crippen LogP contribution in [0, 0.1) is 0 Å². The summed E-state index contributed by atoms with van der Waals surface area (Å²) in [6.45, 7) is 0. The van der Waals surface area contributed by atoms with Crippen molar-refractivity contribution in [2.75, 3.05) is 4.72 Å². The van der Waals surface area contributed by atoms with Gasteiger partial charge in [0, 0.05) is 12.3 Å². The van der Waals surface area contributed by atoms with Crippen molar-refractivity contribution in [2.45, 2.75) is 4.90 Å². The Morgan fingerprint density at radius 1 is 1.26 bits per heavy atom. The maximum absolute atomic E-state index is 11.9. The molecule has 0 aliphatic rings. The number of aromatic hydroxyl groups is 1. The Morgan fingerprint density at radius 3 is 2.58 bits per heavy atom. The molecule has 0 aliphatic carbocycles. The molecule has 0 saturated carbocycles. The molecule has 7 nitrogen and oxygen atoms in total. The lowest BCUT2D eigenvalue weighted by Gasteiger charge is -2.06. The molecule has 1 heterocycles. The second-order valence-electron chi connectivity index (χ2n) is 3.71. The number of carboxylic acids is 1. The number of anilines is 1. The Hall–Kier alpha value is -2.48. The third kappa shape index (κ3) is 2.86. The number of phenolic OH excluding ortho intramolecular Hbond substituents is 1. The fourth-order valence-electron chi connectivity index (χ4n) is 1.44. The lowest BCUT2D eigenvalue weighted by atomic mass is 10.3. The van der Waals surface area contributed by atoms with Gasteiger partial charge >= 0.3 is 5.97 Å². The van der Waals surface area contributed by atoms with E-state index >= 15 is 0 Å². The first-order valence-corrected chi connectivity index (χ1v) is 6.60. The first-order valence-electron chi connectivity index (χ1n) is 5.12. The van der Waals surface area contributed by atoms with E-state index in [1.807, 2.05) is 0 Å². The van der Waals surface area contributed by atoms with Crippen molar-refractivity contribution in [3.05, 3.63) is 42.2 Å². The van der Waals surface area contributed by atoms with Crippen LogP contribution < -0.4 is 4.72 Å². The van der Waals surface area contributed by atoms with Crippen molar-refractivity contribution in [3.8, 4) is 5.75 Å². The normalized spacial score (nSPS) is 11.2. The minimum atomic E-state index is -3.90. The van der Waals surface area contributed by atoms with Gasteiger partial charge in [-0.3, -0.25) is 4.72 Å². The highest BCUT2D eigenvalue weighted by Gasteiger charge is 2.18. The third-order valence-corrected chi connectivity index (χ3v) is 3.66. The van der Waals surface area contributed by atoms with Gasteiger partial charge in [-0.15, -0.1) is 0 Å². The van der Waals surface area contributed by atoms with Gasteiger partial charge in [-0.25, -0.2) is 13.2 Å². The first kappa shape index (κ1) is 13.0. The fraction of sp³-hybridized carbons (Fsp3) is 0. The summed E-state index contributed by atoms with van der Waals surface area (Å²) in [6, 6.07) is 6.58. The van der Waals surface area contributed by atoms with Gasteiger partial charge in [0.1, 0.15) is 16.3 Å². The summed E-state index contributed by atoms with van der Waals surface area (Å²) in [4.78, 5) is 12.8. The van der Waals surface area contributed by atoms with E-state index in [1.54, 1.807) is 0 Å². The molecule has 4 N–H and O–H groups in total. The predicted molar refractivity (Wildman–Crippen MR) is 66.7 cm³/mol. The number of hydrogen-bond acceptors (Lipinski definition) is 4. The van der Waals surface area contributed by atoms with Crippen molar-refractivity contribution in [1.82, 2.24) is 4.98 Å². The second kappa shape index (κ2) is 4.65. The van der Waals surface area contributed by atoms with Crippen LogP contribution >= 0.6 is 0 Å². The summed E-state index contributed by atoms with van der Waals surface area (Å²) in [6.07, 6.45) is 1.08. The molecule has 0 aliphatic heterocycles. The van der Waals surface area contributed by atoms with E-state index in [0.29, 0.717) is 0 Å². The van der Waals surface area contributed by atoms with Gasteiger partial charge in [0.15, 0.2) is 0 Å². The number of nitrogens with one attached hydrogen (secondary N) is 2. The highest BCUT2D eigenvalue weighted by Crippen LogP contribution is 2.20. The van der Waals surface area contributed by atoms with E-state index in [9.17, 15) is 18.3 Å². The maximum Gasteiger partial charge on any atom is 0.352 e. The van der Waals surface area contributed by atoms with Crippen LogP contribution in [0.25, 0.3) is 0 Å². The van der Waals surface area contributed by atoms with E-state index in [-0.39, 0.29) is 22.0 Å². The quantitative estimate of drug-likeness (QED) is 0.672. The molecular weight excluding hydrogens is 272 g/mol. The second-order valence-corrected chi connectivity index (χ2v) is 5.39. The summed E-state index contributed by atoms with van der Waals surface area (Å²) in [5.41, 5.74) is -0.0469. The van der Waals surface area contributed by atoms with Crippen LogP contribution in [0.1, 0.15) is 10.5 Å². The van der Waals surface area contributed by atoms with Crippen LogP contribution in [-0.4, -0.2) is 29.6 Å². The minimum Gasteiger partial charge on any atom is -0.508 e. The van der Waals surface area contributed by atoms with Crippen LogP contribution in [0.3, 0.4) is 0 Å². The van der Waals surface area contributed by atoms with Gasteiger partial charge in [-0.2, -0.15) is 0 Å². The average molecular weight is 282 g/mol. The predicted octanol–water partition coefficient (Wildman–Crippen LogP) is 1.22. The Bertz CT molecular complexity index is 720. The minimum absolute atomic E-state index is 0.0829.